The number of phenols is 1. The first-order chi connectivity index (χ1) is 28.2. The highest BCUT2D eigenvalue weighted by atomic mass is 16.6. The number of carbonyl (C=O) groups is 2. The molecule has 1 fully saturated rings. The van der Waals surface area contributed by atoms with E-state index in [0.29, 0.717) is 66.0 Å². The molecule has 1 saturated heterocycles. The van der Waals surface area contributed by atoms with Crippen LogP contribution in [0.5, 0.6) is 11.5 Å². The largest absolute Gasteiger partial charge is 0.506 e. The van der Waals surface area contributed by atoms with Gasteiger partial charge in [0, 0.05) is 61.8 Å². The van der Waals surface area contributed by atoms with Crippen molar-refractivity contribution < 1.29 is 34.4 Å². The highest BCUT2D eigenvalue weighted by molar-refractivity contribution is 5.94. The molecule has 0 bridgehead atoms. The fourth-order valence-corrected chi connectivity index (χ4v) is 7.05. The van der Waals surface area contributed by atoms with E-state index in [4.69, 9.17) is 9.47 Å². The second-order valence-electron chi connectivity index (χ2n) is 14.4. The fraction of sp³-hybridized carbons (Fsp3) is 0.239. The van der Waals surface area contributed by atoms with Crippen molar-refractivity contribution in [2.24, 2.45) is 0 Å². The van der Waals surface area contributed by atoms with Gasteiger partial charge in [0.15, 0.2) is 0 Å². The fourth-order valence-electron chi connectivity index (χ4n) is 7.05. The molecule has 12 heteroatoms. The second-order valence-corrected chi connectivity index (χ2v) is 14.4. The Kier molecular flexibility index (Phi) is 12.6. The first kappa shape index (κ1) is 39.9. The number of likely N-dealkylation sites (tertiary alicyclic amines) is 1. The van der Waals surface area contributed by atoms with Gasteiger partial charge in [0.05, 0.1) is 18.2 Å². The molecule has 2 atom stereocenters. The van der Waals surface area contributed by atoms with Crippen molar-refractivity contribution in [3.05, 3.63) is 177 Å². The molecule has 0 spiro atoms. The number of aromatic hydroxyl groups is 1. The van der Waals surface area contributed by atoms with E-state index in [1.54, 1.807) is 72.8 Å². The molecule has 1 unspecified atom stereocenters. The maximum Gasteiger partial charge on any atom is 0.348 e. The van der Waals surface area contributed by atoms with E-state index in [2.05, 4.69) is 32.7 Å². The van der Waals surface area contributed by atoms with Crippen molar-refractivity contribution in [3.8, 4) is 11.5 Å². The van der Waals surface area contributed by atoms with Gasteiger partial charge in [0.1, 0.15) is 17.6 Å². The summed E-state index contributed by atoms with van der Waals surface area (Å²) < 4.78 is 11.9. The third-order valence-electron chi connectivity index (χ3n) is 10.2. The Labute approximate surface area is 335 Å². The van der Waals surface area contributed by atoms with E-state index in [1.807, 2.05) is 36.4 Å². The van der Waals surface area contributed by atoms with E-state index in [0.717, 1.165) is 12.1 Å². The lowest BCUT2D eigenvalue weighted by atomic mass is 9.86. The topological polar surface area (TPSA) is 173 Å². The van der Waals surface area contributed by atoms with Crippen LogP contribution in [0.15, 0.2) is 138 Å². The van der Waals surface area contributed by atoms with Crippen LogP contribution in [0.1, 0.15) is 50.7 Å². The second kappa shape index (κ2) is 18.3. The Balaban J connectivity index is 0.863. The quantitative estimate of drug-likeness (QED) is 0.0551. The van der Waals surface area contributed by atoms with Gasteiger partial charge in [0.2, 0.25) is 11.2 Å². The summed E-state index contributed by atoms with van der Waals surface area (Å²) in [4.78, 5) is 43.1. The summed E-state index contributed by atoms with van der Waals surface area (Å²) in [6, 6.07) is 38.8. The minimum Gasteiger partial charge on any atom is -0.506 e. The zero-order chi connectivity index (χ0) is 40.5. The molecular formula is C46H46N4O8. The maximum atomic E-state index is 13.7. The molecule has 2 heterocycles. The Hall–Kier alpha value is -6.31. The Morgan fingerprint density at radius 3 is 2.33 bits per heavy atom. The lowest BCUT2D eigenvalue weighted by molar-refractivity contribution is -0.176. The number of amides is 1. The number of esters is 1. The minimum atomic E-state index is -2.05. The number of aromatic amines is 1. The Morgan fingerprint density at radius 1 is 0.845 bits per heavy atom. The number of phenolic OH excluding ortho intramolecular Hbond substituents is 1. The van der Waals surface area contributed by atoms with Crippen LogP contribution >= 0.6 is 0 Å². The summed E-state index contributed by atoms with van der Waals surface area (Å²) >= 11 is 0. The molecule has 298 valence electrons. The number of pyridine rings is 1. The summed E-state index contributed by atoms with van der Waals surface area (Å²) in [6.07, 6.45) is -0.709. The molecule has 0 saturated carbocycles. The van der Waals surface area contributed by atoms with Gasteiger partial charge in [-0.1, -0.05) is 91.0 Å². The van der Waals surface area contributed by atoms with Gasteiger partial charge < -0.3 is 40.4 Å². The average molecular weight is 783 g/mol. The van der Waals surface area contributed by atoms with E-state index < -0.39 is 17.7 Å². The highest BCUT2D eigenvalue weighted by Crippen LogP contribution is 2.34. The molecule has 6 N–H and O–H groups in total. The molecule has 7 rings (SSSR count). The number of hydrogen-bond acceptors (Lipinski definition) is 10. The van der Waals surface area contributed by atoms with Gasteiger partial charge in [-0.2, -0.15) is 0 Å². The number of carbonyl (C=O) groups excluding carboxylic acids is 2. The van der Waals surface area contributed by atoms with Gasteiger partial charge in [-0.3, -0.25) is 14.5 Å². The standard InChI is InChI=1S/C46H46N4O8/c51-40-21-19-38(39-20-22-42(53)49-43(39)40)41(52)27-47-26-31-15-17-33(18-16-31)44(54)48-23-8-24-57-36-14-7-13-35(25-36)46(56,34-11-5-2-6-12-34)45(55)58-37-29-50(30-37)28-32-9-3-1-4-10-32/h1-7,9-22,25,37,41,47,51-52,56H,8,23-24,26-30H2,(H,48,54)(H,49,53)/t41-,46?/m0/s1. The van der Waals surface area contributed by atoms with Crippen LogP contribution in [0.2, 0.25) is 0 Å². The first-order valence-corrected chi connectivity index (χ1v) is 19.3. The molecule has 0 radical (unpaired) electrons. The highest BCUT2D eigenvalue weighted by Gasteiger charge is 2.44. The number of aliphatic hydroxyl groups excluding tert-OH is 1. The Bertz CT molecular complexity index is 2380. The van der Waals surface area contributed by atoms with Crippen molar-refractivity contribution in [1.82, 2.24) is 20.5 Å². The zero-order valence-electron chi connectivity index (χ0n) is 31.8. The number of nitrogens with zero attached hydrogens (tertiary/aromatic N) is 1. The molecule has 1 aliphatic rings. The van der Waals surface area contributed by atoms with Crippen LogP contribution in [0.3, 0.4) is 0 Å². The molecule has 6 aromatic rings. The maximum absolute atomic E-state index is 13.7. The summed E-state index contributed by atoms with van der Waals surface area (Å²) in [5, 5.41) is 39.7. The van der Waals surface area contributed by atoms with Crippen LogP contribution in [0.25, 0.3) is 10.9 Å². The average Bonchev–Trinajstić information content (AvgIpc) is 3.23. The van der Waals surface area contributed by atoms with Crippen molar-refractivity contribution >= 4 is 22.8 Å². The van der Waals surface area contributed by atoms with Crippen molar-refractivity contribution in [3.63, 3.8) is 0 Å². The lowest BCUT2D eigenvalue weighted by Gasteiger charge is -2.40. The number of fused-ring (bicyclic) bond motifs is 1. The van der Waals surface area contributed by atoms with Gasteiger partial charge in [0.25, 0.3) is 5.91 Å². The number of aliphatic hydroxyl groups is 2. The Morgan fingerprint density at radius 2 is 1.57 bits per heavy atom. The number of aromatic nitrogens is 1. The summed E-state index contributed by atoms with van der Waals surface area (Å²) in [5.41, 5.74) is 1.78. The minimum absolute atomic E-state index is 0.0678. The number of hydrogen-bond donors (Lipinski definition) is 6. The van der Waals surface area contributed by atoms with Crippen LogP contribution < -0.4 is 20.9 Å². The summed E-state index contributed by atoms with van der Waals surface area (Å²) in [6.45, 7) is 3.24. The smallest absolute Gasteiger partial charge is 0.348 e. The predicted molar refractivity (Wildman–Crippen MR) is 219 cm³/mol. The van der Waals surface area contributed by atoms with Crippen LogP contribution in [-0.2, 0) is 28.2 Å². The zero-order valence-corrected chi connectivity index (χ0v) is 31.8. The summed E-state index contributed by atoms with van der Waals surface area (Å²) in [7, 11) is 0. The van der Waals surface area contributed by atoms with E-state index in [1.165, 1.54) is 17.7 Å². The van der Waals surface area contributed by atoms with Crippen LogP contribution in [0, 0.1) is 0 Å². The molecule has 1 amide bonds. The number of nitrogens with one attached hydrogen (secondary N) is 3. The monoisotopic (exact) mass is 782 g/mol. The predicted octanol–water partition coefficient (Wildman–Crippen LogP) is 4.92. The molecule has 5 aromatic carbocycles. The number of benzene rings is 5. The molecule has 58 heavy (non-hydrogen) atoms. The van der Waals surface area contributed by atoms with Crippen molar-refractivity contribution in [1.29, 1.82) is 0 Å². The molecule has 1 aliphatic heterocycles. The molecular weight excluding hydrogens is 737 g/mol. The SMILES string of the molecule is O=C(NCCCOc1cccc(C(O)(C(=O)OC2CN(Cc3ccccc3)C2)c2ccccc2)c1)c1ccc(CNC[C@H](O)c2ccc(O)c3[nH]c(=O)ccc23)cc1. The third kappa shape index (κ3) is 9.44. The van der Waals surface area contributed by atoms with Crippen molar-refractivity contribution in [2.45, 2.75) is 37.3 Å². The van der Waals surface area contributed by atoms with Gasteiger partial charge in [-0.25, -0.2) is 4.79 Å². The van der Waals surface area contributed by atoms with Crippen molar-refractivity contribution in [2.75, 3.05) is 32.8 Å². The number of H-pyrrole nitrogens is 1. The van der Waals surface area contributed by atoms with E-state index >= 15 is 0 Å². The first-order valence-electron chi connectivity index (χ1n) is 19.3. The summed E-state index contributed by atoms with van der Waals surface area (Å²) in [5.74, 6) is -0.573. The molecule has 1 aromatic heterocycles. The number of ether oxygens (including phenoxy) is 2. The normalized spacial score (nSPS) is 14.6. The lowest BCUT2D eigenvalue weighted by Crippen LogP contribution is -2.54. The van der Waals surface area contributed by atoms with E-state index in [-0.39, 0.29) is 42.0 Å². The third-order valence-corrected chi connectivity index (χ3v) is 10.2. The van der Waals surface area contributed by atoms with Gasteiger partial charge in [-0.15, -0.1) is 0 Å². The van der Waals surface area contributed by atoms with Gasteiger partial charge >= 0.3 is 5.97 Å². The van der Waals surface area contributed by atoms with Crippen LogP contribution in [-0.4, -0.2) is 76.0 Å². The van der Waals surface area contributed by atoms with Crippen LogP contribution in [0.4, 0.5) is 0 Å². The molecule has 0 aliphatic carbocycles. The molecule has 12 nitrogen and oxygen atoms in total. The number of rotatable bonds is 17. The van der Waals surface area contributed by atoms with Gasteiger partial charge in [-0.05, 0) is 65.1 Å². The van der Waals surface area contributed by atoms with E-state index in [9.17, 15) is 29.7 Å².